The number of hydrogen-bond donors (Lipinski definition) is 0. The number of carbonyl (C=O) groups is 1. The Labute approximate surface area is 128 Å². The number of likely N-dealkylation sites (tertiary alicyclic amines) is 1. The minimum absolute atomic E-state index is 0.138. The van der Waals surface area contributed by atoms with Crippen LogP contribution in [-0.2, 0) is 0 Å². The van der Waals surface area contributed by atoms with Gasteiger partial charge in [-0.2, -0.15) is 0 Å². The van der Waals surface area contributed by atoms with Gasteiger partial charge >= 0.3 is 0 Å². The summed E-state index contributed by atoms with van der Waals surface area (Å²) in [4.78, 5) is 18.9. The second-order valence-corrected chi connectivity index (χ2v) is 6.13. The van der Waals surface area contributed by atoms with Gasteiger partial charge in [0.25, 0.3) is 5.91 Å². The molecule has 1 fully saturated rings. The van der Waals surface area contributed by atoms with Crippen molar-refractivity contribution in [3.8, 4) is 10.4 Å². The van der Waals surface area contributed by atoms with Crippen LogP contribution in [0.1, 0.15) is 29.6 Å². The van der Waals surface area contributed by atoms with Crippen LogP contribution in [0.5, 0.6) is 0 Å². The molecule has 0 radical (unpaired) electrons. The van der Waals surface area contributed by atoms with E-state index in [1.807, 2.05) is 34.5 Å². The minimum Gasteiger partial charge on any atom is -0.339 e. The lowest BCUT2D eigenvalue weighted by atomic mass is 10.1. The highest BCUT2D eigenvalue weighted by atomic mass is 32.1. The molecule has 0 spiro atoms. The second-order valence-electron chi connectivity index (χ2n) is 5.21. The summed E-state index contributed by atoms with van der Waals surface area (Å²) in [5, 5.41) is 1.93. The zero-order valence-corrected chi connectivity index (χ0v) is 12.5. The summed E-state index contributed by atoms with van der Waals surface area (Å²) in [5.41, 5.74) is 2.40. The minimum atomic E-state index is 0.138. The molecule has 4 heteroatoms. The Kier molecular flexibility index (Phi) is 4.03. The smallest absolute Gasteiger partial charge is 0.254 e. The molecule has 106 valence electrons. The van der Waals surface area contributed by atoms with Crippen molar-refractivity contribution < 1.29 is 4.79 Å². The summed E-state index contributed by atoms with van der Waals surface area (Å²) in [5.74, 6) is 0.138. The van der Waals surface area contributed by atoms with Crippen LogP contribution in [0, 0.1) is 6.57 Å². The van der Waals surface area contributed by atoms with Crippen LogP contribution in [0.4, 0.5) is 5.69 Å². The molecule has 2 aromatic rings. The number of carbonyl (C=O) groups excluding carboxylic acids is 1. The third-order valence-electron chi connectivity index (χ3n) is 3.75. The summed E-state index contributed by atoms with van der Waals surface area (Å²) < 4.78 is 0. The molecule has 0 aliphatic carbocycles. The third-order valence-corrected chi connectivity index (χ3v) is 4.73. The molecule has 1 aromatic heterocycles. The number of piperidine rings is 1. The van der Waals surface area contributed by atoms with Crippen LogP contribution in [-0.4, -0.2) is 23.9 Å². The van der Waals surface area contributed by atoms with E-state index in [1.54, 1.807) is 17.4 Å². The Morgan fingerprint density at radius 2 is 2.00 bits per heavy atom. The van der Waals surface area contributed by atoms with Crippen LogP contribution in [0.25, 0.3) is 15.3 Å². The molecular formula is C17H16N2OS. The van der Waals surface area contributed by atoms with Gasteiger partial charge in [-0.15, -0.1) is 11.3 Å². The number of thiophene rings is 1. The molecule has 3 rings (SSSR count). The molecule has 0 atom stereocenters. The van der Waals surface area contributed by atoms with Gasteiger partial charge < -0.3 is 4.90 Å². The lowest BCUT2D eigenvalue weighted by molar-refractivity contribution is 0.0725. The van der Waals surface area contributed by atoms with E-state index in [-0.39, 0.29) is 5.91 Å². The van der Waals surface area contributed by atoms with Crippen LogP contribution >= 0.6 is 11.3 Å². The maximum Gasteiger partial charge on any atom is 0.254 e. The normalized spacial score (nSPS) is 14.7. The zero-order valence-electron chi connectivity index (χ0n) is 11.7. The van der Waals surface area contributed by atoms with E-state index in [0.29, 0.717) is 5.69 Å². The summed E-state index contributed by atoms with van der Waals surface area (Å²) in [6.45, 7) is 8.82. The van der Waals surface area contributed by atoms with Crippen molar-refractivity contribution in [2.45, 2.75) is 19.3 Å². The Morgan fingerprint density at radius 3 is 2.76 bits per heavy atom. The lowest BCUT2D eigenvalue weighted by Gasteiger charge is -2.26. The number of nitrogens with zero attached hydrogens (tertiary/aromatic N) is 2. The first-order valence-corrected chi connectivity index (χ1v) is 8.01. The fourth-order valence-electron chi connectivity index (χ4n) is 2.61. The largest absolute Gasteiger partial charge is 0.339 e. The van der Waals surface area contributed by atoms with Crippen molar-refractivity contribution in [3.63, 3.8) is 0 Å². The standard InChI is InChI=1S/C17H16N2OS/c1-18-15-7-5-6-13(10-15)16-11-14(12-21-16)17(20)19-8-3-2-4-9-19/h5-7,10-12H,2-4,8-9H2. The molecule has 1 amide bonds. The molecule has 1 saturated heterocycles. The van der Waals surface area contributed by atoms with Gasteiger partial charge in [0.15, 0.2) is 5.69 Å². The van der Waals surface area contributed by atoms with Gasteiger partial charge in [-0.05, 0) is 37.0 Å². The number of benzene rings is 1. The van der Waals surface area contributed by atoms with E-state index in [9.17, 15) is 4.79 Å². The molecule has 0 N–H and O–H groups in total. The third kappa shape index (κ3) is 2.98. The van der Waals surface area contributed by atoms with Gasteiger partial charge in [0, 0.05) is 23.3 Å². The highest BCUT2D eigenvalue weighted by Gasteiger charge is 2.19. The van der Waals surface area contributed by atoms with Gasteiger partial charge in [-0.1, -0.05) is 18.2 Å². The quantitative estimate of drug-likeness (QED) is 0.744. The summed E-state index contributed by atoms with van der Waals surface area (Å²) >= 11 is 1.56. The van der Waals surface area contributed by atoms with E-state index in [4.69, 9.17) is 6.57 Å². The first-order valence-electron chi connectivity index (χ1n) is 7.13. The van der Waals surface area contributed by atoms with Gasteiger partial charge in [0.2, 0.25) is 0 Å². The van der Waals surface area contributed by atoms with Crippen molar-refractivity contribution >= 4 is 22.9 Å². The SMILES string of the molecule is [C-]#[N+]c1cccc(-c2cc(C(=O)N3CCCCC3)cs2)c1. The van der Waals surface area contributed by atoms with Crippen LogP contribution in [0.15, 0.2) is 35.7 Å². The first-order chi connectivity index (χ1) is 10.3. The average Bonchev–Trinajstić information content (AvgIpc) is 3.05. The highest BCUT2D eigenvalue weighted by molar-refractivity contribution is 7.13. The molecule has 0 saturated carbocycles. The summed E-state index contributed by atoms with van der Waals surface area (Å²) in [7, 11) is 0. The molecule has 0 bridgehead atoms. The Bertz CT molecular complexity index is 693. The topological polar surface area (TPSA) is 24.7 Å². The molecule has 1 aliphatic heterocycles. The van der Waals surface area contributed by atoms with Crippen LogP contribution in [0.2, 0.25) is 0 Å². The van der Waals surface area contributed by atoms with Crippen molar-refractivity contribution in [2.24, 2.45) is 0 Å². The molecule has 1 aromatic carbocycles. The number of amides is 1. The van der Waals surface area contributed by atoms with E-state index in [1.165, 1.54) is 6.42 Å². The van der Waals surface area contributed by atoms with Crippen molar-refractivity contribution in [1.82, 2.24) is 4.90 Å². The van der Waals surface area contributed by atoms with Crippen molar-refractivity contribution in [3.05, 3.63) is 52.7 Å². The van der Waals surface area contributed by atoms with Crippen molar-refractivity contribution in [2.75, 3.05) is 13.1 Å². The van der Waals surface area contributed by atoms with E-state index >= 15 is 0 Å². The van der Waals surface area contributed by atoms with Crippen LogP contribution < -0.4 is 0 Å². The fraction of sp³-hybridized carbons (Fsp3) is 0.294. The number of hydrogen-bond acceptors (Lipinski definition) is 2. The van der Waals surface area contributed by atoms with E-state index in [0.717, 1.165) is 41.9 Å². The lowest BCUT2D eigenvalue weighted by Crippen LogP contribution is -2.35. The van der Waals surface area contributed by atoms with Crippen molar-refractivity contribution in [1.29, 1.82) is 0 Å². The molecule has 3 nitrogen and oxygen atoms in total. The predicted molar refractivity (Wildman–Crippen MR) is 85.8 cm³/mol. The maximum atomic E-state index is 12.5. The average molecular weight is 296 g/mol. The Morgan fingerprint density at radius 1 is 1.19 bits per heavy atom. The fourth-order valence-corrected chi connectivity index (χ4v) is 3.49. The van der Waals surface area contributed by atoms with E-state index in [2.05, 4.69) is 4.85 Å². The maximum absolute atomic E-state index is 12.5. The molecular weight excluding hydrogens is 280 g/mol. The monoisotopic (exact) mass is 296 g/mol. The molecule has 1 aliphatic rings. The number of rotatable bonds is 2. The Hall–Kier alpha value is -2.12. The van der Waals surface area contributed by atoms with Gasteiger partial charge in [0.1, 0.15) is 0 Å². The van der Waals surface area contributed by atoms with Gasteiger partial charge in [-0.3, -0.25) is 4.79 Å². The van der Waals surface area contributed by atoms with Gasteiger partial charge in [-0.25, -0.2) is 4.85 Å². The molecule has 0 unspecified atom stereocenters. The first kappa shape index (κ1) is 13.8. The highest BCUT2D eigenvalue weighted by Crippen LogP contribution is 2.30. The summed E-state index contributed by atoms with van der Waals surface area (Å²) in [6.07, 6.45) is 3.44. The van der Waals surface area contributed by atoms with E-state index < -0.39 is 0 Å². The predicted octanol–water partition coefficient (Wildman–Crippen LogP) is 4.59. The van der Waals surface area contributed by atoms with Crippen LogP contribution in [0.3, 0.4) is 0 Å². The molecule has 2 heterocycles. The second kappa shape index (κ2) is 6.11. The zero-order chi connectivity index (χ0) is 14.7. The summed E-state index contributed by atoms with van der Waals surface area (Å²) in [6, 6.07) is 9.48. The molecule has 21 heavy (non-hydrogen) atoms. The Balaban J connectivity index is 1.82. The van der Waals surface area contributed by atoms with Gasteiger partial charge in [0.05, 0.1) is 12.1 Å².